The Labute approximate surface area is 128 Å². The lowest BCUT2D eigenvalue weighted by molar-refractivity contribution is 0.250. The van der Waals surface area contributed by atoms with Crippen LogP contribution in [0.1, 0.15) is 0 Å². The summed E-state index contributed by atoms with van der Waals surface area (Å²) >= 11 is 1.70. The van der Waals surface area contributed by atoms with Gasteiger partial charge in [-0.1, -0.05) is 23.9 Å². The normalized spacial score (nSPS) is 12.4. The number of nitrogens with zero attached hydrogens (tertiary/aromatic N) is 2. The Kier molecular flexibility index (Phi) is 3.51. The van der Waals surface area contributed by atoms with Crippen LogP contribution in [0.3, 0.4) is 0 Å². The van der Waals surface area contributed by atoms with Crippen molar-refractivity contribution in [3.8, 4) is 0 Å². The van der Waals surface area contributed by atoms with Crippen molar-refractivity contribution in [2.75, 3.05) is 30.9 Å². The molecule has 1 aliphatic rings. The molecule has 0 aromatic heterocycles. The maximum Gasteiger partial charge on any atom is 0.326 e. The van der Waals surface area contributed by atoms with E-state index in [9.17, 15) is 4.79 Å². The van der Waals surface area contributed by atoms with E-state index in [0.29, 0.717) is 0 Å². The predicted octanol–water partition coefficient (Wildman–Crippen LogP) is 3.69. The summed E-state index contributed by atoms with van der Waals surface area (Å²) < 4.78 is 0. The first-order valence-corrected chi connectivity index (χ1v) is 7.53. The van der Waals surface area contributed by atoms with Crippen molar-refractivity contribution in [3.05, 3.63) is 42.5 Å². The smallest absolute Gasteiger partial charge is 0.326 e. The Morgan fingerprint density at radius 3 is 2.52 bits per heavy atom. The van der Waals surface area contributed by atoms with Crippen LogP contribution in [0, 0.1) is 0 Å². The van der Waals surface area contributed by atoms with Gasteiger partial charge in [0.25, 0.3) is 0 Å². The van der Waals surface area contributed by atoms with E-state index in [4.69, 9.17) is 0 Å². The van der Waals surface area contributed by atoms with Gasteiger partial charge in [-0.3, -0.25) is 4.90 Å². The van der Waals surface area contributed by atoms with Gasteiger partial charge in [0, 0.05) is 36.6 Å². The van der Waals surface area contributed by atoms with Crippen LogP contribution in [0.25, 0.3) is 0 Å². The van der Waals surface area contributed by atoms with Crippen molar-refractivity contribution in [2.45, 2.75) is 9.79 Å². The molecule has 2 aromatic rings. The number of fused-ring (bicyclic) bond motifs is 2. The number of hydrogen-bond acceptors (Lipinski definition) is 3. The Morgan fingerprint density at radius 2 is 1.81 bits per heavy atom. The molecule has 2 aromatic carbocycles. The number of rotatable bonds is 1. The van der Waals surface area contributed by atoms with E-state index >= 15 is 0 Å². The minimum Gasteiger partial charge on any atom is -0.378 e. The zero-order chi connectivity index (χ0) is 15.0. The average Bonchev–Trinajstić information content (AvgIpc) is 2.51. The van der Waals surface area contributed by atoms with Crippen LogP contribution in [0.2, 0.25) is 0 Å². The highest BCUT2D eigenvalue weighted by atomic mass is 32.2. The molecule has 0 radical (unpaired) electrons. The zero-order valence-corrected chi connectivity index (χ0v) is 13.1. The first kappa shape index (κ1) is 13.8. The van der Waals surface area contributed by atoms with Crippen LogP contribution in [-0.4, -0.2) is 27.2 Å². The van der Waals surface area contributed by atoms with Gasteiger partial charge in [0.2, 0.25) is 0 Å². The van der Waals surface area contributed by atoms with Gasteiger partial charge in [0.1, 0.15) is 0 Å². The number of anilines is 3. The first-order valence-electron chi connectivity index (χ1n) is 6.72. The van der Waals surface area contributed by atoms with E-state index in [2.05, 4.69) is 16.3 Å². The van der Waals surface area contributed by atoms with Gasteiger partial charge in [0.05, 0.1) is 11.4 Å². The molecule has 5 heteroatoms. The highest BCUT2D eigenvalue weighted by Crippen LogP contribution is 2.48. The summed E-state index contributed by atoms with van der Waals surface area (Å²) in [6.07, 6.45) is 0. The molecule has 1 heterocycles. The molecule has 0 saturated carbocycles. The minimum atomic E-state index is -0.124. The van der Waals surface area contributed by atoms with Crippen LogP contribution in [0.5, 0.6) is 0 Å². The molecule has 0 atom stereocenters. The van der Waals surface area contributed by atoms with Gasteiger partial charge in [0.15, 0.2) is 0 Å². The summed E-state index contributed by atoms with van der Waals surface area (Å²) in [7, 11) is 5.68. The number of urea groups is 1. The van der Waals surface area contributed by atoms with Gasteiger partial charge in [-0.25, -0.2) is 4.79 Å². The van der Waals surface area contributed by atoms with Crippen molar-refractivity contribution < 1.29 is 4.79 Å². The van der Waals surface area contributed by atoms with Gasteiger partial charge >= 0.3 is 6.03 Å². The summed E-state index contributed by atoms with van der Waals surface area (Å²) in [4.78, 5) is 18.3. The summed E-state index contributed by atoms with van der Waals surface area (Å²) in [5, 5.41) is 2.72. The third kappa shape index (κ3) is 2.34. The minimum absolute atomic E-state index is 0.124. The third-order valence-electron chi connectivity index (χ3n) is 3.44. The molecule has 4 nitrogen and oxygen atoms in total. The predicted molar refractivity (Wildman–Crippen MR) is 87.9 cm³/mol. The molecule has 0 bridgehead atoms. The number of carbonyl (C=O) groups is 1. The summed E-state index contributed by atoms with van der Waals surface area (Å²) in [6.45, 7) is 0. The Bertz CT molecular complexity index is 700. The average molecular weight is 299 g/mol. The van der Waals surface area contributed by atoms with E-state index in [1.54, 1.807) is 23.7 Å². The highest BCUT2D eigenvalue weighted by molar-refractivity contribution is 7.99. The van der Waals surface area contributed by atoms with Crippen LogP contribution in [-0.2, 0) is 0 Å². The molecule has 0 aliphatic carbocycles. The Balaban J connectivity index is 2.16. The summed E-state index contributed by atoms with van der Waals surface area (Å²) in [5.74, 6) is 0. The van der Waals surface area contributed by atoms with E-state index in [0.717, 1.165) is 26.9 Å². The molecule has 0 spiro atoms. The first-order chi connectivity index (χ1) is 10.1. The molecule has 1 N–H and O–H groups in total. The lowest BCUT2D eigenvalue weighted by Crippen LogP contribution is -2.36. The standard InChI is InChI=1S/C16H17N3OS/c1-17-16(20)19-12-6-4-5-7-14(12)21-15-10-11(18(2)3)8-9-13(15)19/h4-10H,1-3H3,(H,17,20). The SMILES string of the molecule is CNC(=O)N1c2ccccc2Sc2cc(N(C)C)ccc21. The van der Waals surface area contributed by atoms with E-state index in [1.807, 2.05) is 50.5 Å². The second-order valence-corrected chi connectivity index (χ2v) is 6.09. The Hall–Kier alpha value is -2.14. The van der Waals surface area contributed by atoms with Crippen molar-refractivity contribution in [1.82, 2.24) is 5.32 Å². The molecule has 0 fully saturated rings. The molecule has 21 heavy (non-hydrogen) atoms. The van der Waals surface area contributed by atoms with Crippen LogP contribution < -0.4 is 15.1 Å². The number of hydrogen-bond donors (Lipinski definition) is 1. The fraction of sp³-hybridized carbons (Fsp3) is 0.188. The molecular formula is C16H17N3OS. The van der Waals surface area contributed by atoms with Gasteiger partial charge in [-0.15, -0.1) is 0 Å². The lowest BCUT2D eigenvalue weighted by Gasteiger charge is -2.31. The largest absolute Gasteiger partial charge is 0.378 e. The van der Waals surface area contributed by atoms with E-state index < -0.39 is 0 Å². The molecule has 0 saturated heterocycles. The fourth-order valence-electron chi connectivity index (χ4n) is 2.35. The van der Waals surface area contributed by atoms with Gasteiger partial charge in [-0.05, 0) is 30.3 Å². The highest BCUT2D eigenvalue weighted by Gasteiger charge is 2.27. The monoisotopic (exact) mass is 299 g/mol. The second kappa shape index (κ2) is 5.33. The number of carbonyl (C=O) groups excluding carboxylic acids is 1. The summed E-state index contributed by atoms with van der Waals surface area (Å²) in [6, 6.07) is 14.0. The van der Waals surface area contributed by atoms with Crippen molar-refractivity contribution in [3.63, 3.8) is 0 Å². The van der Waals surface area contributed by atoms with Crippen molar-refractivity contribution in [2.24, 2.45) is 0 Å². The maximum atomic E-state index is 12.3. The number of benzene rings is 2. The van der Waals surface area contributed by atoms with Gasteiger partial charge in [-0.2, -0.15) is 0 Å². The maximum absolute atomic E-state index is 12.3. The van der Waals surface area contributed by atoms with Gasteiger partial charge < -0.3 is 10.2 Å². The number of nitrogens with one attached hydrogen (secondary N) is 1. The van der Waals surface area contributed by atoms with E-state index in [1.165, 1.54) is 0 Å². The fourth-order valence-corrected chi connectivity index (χ4v) is 3.45. The molecule has 0 unspecified atom stereocenters. The third-order valence-corrected chi connectivity index (χ3v) is 4.56. The Morgan fingerprint density at radius 1 is 1.10 bits per heavy atom. The van der Waals surface area contributed by atoms with Crippen molar-refractivity contribution in [1.29, 1.82) is 0 Å². The second-order valence-electron chi connectivity index (χ2n) is 5.01. The summed E-state index contributed by atoms with van der Waals surface area (Å²) in [5.41, 5.74) is 2.97. The molecular weight excluding hydrogens is 282 g/mol. The molecule has 1 aliphatic heterocycles. The van der Waals surface area contributed by atoms with E-state index in [-0.39, 0.29) is 6.03 Å². The molecule has 3 rings (SSSR count). The van der Waals surface area contributed by atoms with Crippen LogP contribution in [0.15, 0.2) is 52.3 Å². The van der Waals surface area contributed by atoms with Crippen LogP contribution >= 0.6 is 11.8 Å². The number of amides is 2. The molecule has 2 amide bonds. The lowest BCUT2D eigenvalue weighted by atomic mass is 10.2. The van der Waals surface area contributed by atoms with Crippen LogP contribution in [0.4, 0.5) is 21.9 Å². The zero-order valence-electron chi connectivity index (χ0n) is 12.3. The number of para-hydroxylation sites is 1. The molecule has 108 valence electrons. The van der Waals surface area contributed by atoms with Crippen molar-refractivity contribution >= 4 is 34.9 Å². The topological polar surface area (TPSA) is 35.6 Å². The quantitative estimate of drug-likeness (QED) is 0.872.